The number of aliphatic imine (C=N–C) groups is 1. The van der Waals surface area contributed by atoms with Crippen molar-refractivity contribution in [3.63, 3.8) is 0 Å². The fourth-order valence-corrected chi connectivity index (χ4v) is 3.46. The highest BCUT2D eigenvalue weighted by molar-refractivity contribution is 14.0. The fraction of sp³-hybridized carbons (Fsp3) is 0.350. The zero-order valence-electron chi connectivity index (χ0n) is 16.8. The summed E-state index contributed by atoms with van der Waals surface area (Å²) in [6, 6.07) is 13.8. The lowest BCUT2D eigenvalue weighted by Crippen LogP contribution is -2.39. The smallest absolute Gasteiger partial charge is 0.387 e. The van der Waals surface area contributed by atoms with Gasteiger partial charge in [-0.05, 0) is 37.3 Å². The third-order valence-corrected chi connectivity index (χ3v) is 5.19. The van der Waals surface area contributed by atoms with Gasteiger partial charge >= 0.3 is 6.61 Å². The van der Waals surface area contributed by atoms with Crippen molar-refractivity contribution in [2.75, 3.05) is 26.0 Å². The first-order valence-electron chi connectivity index (χ1n) is 9.10. The van der Waals surface area contributed by atoms with Gasteiger partial charge in [0, 0.05) is 29.3 Å². The molecule has 0 aromatic heterocycles. The Morgan fingerprint density at radius 2 is 1.90 bits per heavy atom. The maximum absolute atomic E-state index is 12.6. The molecule has 2 N–H and O–H groups in total. The van der Waals surface area contributed by atoms with E-state index in [1.54, 1.807) is 12.1 Å². The molecule has 2 aromatic rings. The van der Waals surface area contributed by atoms with Crippen LogP contribution in [0.4, 0.5) is 8.78 Å². The molecular formula is C20H26F2IN3O3S. The Balaban J connectivity index is 0.00000450. The van der Waals surface area contributed by atoms with E-state index >= 15 is 0 Å². The summed E-state index contributed by atoms with van der Waals surface area (Å²) in [6.45, 7) is 0.148. The monoisotopic (exact) mass is 553 g/mol. The number of methoxy groups -OCH3 is 1. The van der Waals surface area contributed by atoms with E-state index in [2.05, 4.69) is 20.4 Å². The summed E-state index contributed by atoms with van der Waals surface area (Å²) in [7, 11) is 0.371. The highest BCUT2D eigenvalue weighted by atomic mass is 127. The lowest BCUT2D eigenvalue weighted by atomic mass is 10.2. The lowest BCUT2D eigenvalue weighted by molar-refractivity contribution is -0.0504. The van der Waals surface area contributed by atoms with Crippen LogP contribution < -0.4 is 20.1 Å². The van der Waals surface area contributed by atoms with Gasteiger partial charge in [0.25, 0.3) is 0 Å². The Morgan fingerprint density at radius 3 is 2.53 bits per heavy atom. The molecule has 2 aromatic carbocycles. The van der Waals surface area contributed by atoms with Gasteiger partial charge in [-0.3, -0.25) is 4.21 Å². The summed E-state index contributed by atoms with van der Waals surface area (Å²) in [4.78, 5) is 5.18. The van der Waals surface area contributed by atoms with Crippen molar-refractivity contribution in [2.24, 2.45) is 4.99 Å². The molecule has 2 rings (SSSR count). The number of hydrogen-bond acceptors (Lipinski definition) is 4. The number of ether oxygens (including phenoxy) is 2. The van der Waals surface area contributed by atoms with Crippen molar-refractivity contribution in [2.45, 2.75) is 25.0 Å². The quantitative estimate of drug-likeness (QED) is 0.266. The molecule has 0 heterocycles. The van der Waals surface area contributed by atoms with Crippen LogP contribution in [0.1, 0.15) is 12.5 Å². The number of alkyl halides is 2. The van der Waals surface area contributed by atoms with Gasteiger partial charge in [0.1, 0.15) is 11.5 Å². The Morgan fingerprint density at radius 1 is 1.17 bits per heavy atom. The Hall–Kier alpha value is -1.95. The second kappa shape index (κ2) is 14.1. The topological polar surface area (TPSA) is 72.0 Å². The van der Waals surface area contributed by atoms with Gasteiger partial charge in [0.05, 0.1) is 24.5 Å². The molecule has 0 aliphatic carbocycles. The van der Waals surface area contributed by atoms with Crippen molar-refractivity contribution in [3.05, 3.63) is 54.1 Å². The van der Waals surface area contributed by atoms with Crippen LogP contribution >= 0.6 is 24.0 Å². The van der Waals surface area contributed by atoms with Gasteiger partial charge in [-0.15, -0.1) is 24.0 Å². The number of halogens is 3. The zero-order chi connectivity index (χ0) is 21.1. The van der Waals surface area contributed by atoms with Crippen LogP contribution in [0.5, 0.6) is 11.5 Å². The first-order chi connectivity index (χ1) is 14.0. The van der Waals surface area contributed by atoms with Crippen LogP contribution in [0.15, 0.2) is 58.4 Å². The third kappa shape index (κ3) is 8.82. The number of nitrogens with one attached hydrogen (secondary N) is 2. The molecule has 30 heavy (non-hydrogen) atoms. The molecular weight excluding hydrogens is 527 g/mol. The molecule has 0 amide bonds. The van der Waals surface area contributed by atoms with Crippen molar-refractivity contribution < 1.29 is 22.5 Å². The molecule has 0 bridgehead atoms. The lowest BCUT2D eigenvalue weighted by Gasteiger charge is -2.13. The molecule has 0 saturated carbocycles. The highest BCUT2D eigenvalue weighted by Crippen LogP contribution is 2.26. The van der Waals surface area contributed by atoms with Crippen molar-refractivity contribution in [1.82, 2.24) is 10.6 Å². The maximum atomic E-state index is 12.6. The number of hydrogen-bond donors (Lipinski definition) is 2. The molecule has 0 aliphatic heterocycles. The molecule has 1 unspecified atom stereocenters. The standard InChI is InChI=1S/C20H25F2N3O3S.HI/c1-3-23-20(24-11-12-29(26)17-7-5-4-6-8-17)25-14-15-13-16(27-2)9-10-18(15)28-19(21)22;/h4-10,13,19H,3,11-12,14H2,1-2H3,(H2,23,24,25);1H. The van der Waals surface area contributed by atoms with Crippen LogP contribution in [-0.2, 0) is 17.3 Å². The van der Waals surface area contributed by atoms with Crippen LogP contribution in [0, 0.1) is 0 Å². The van der Waals surface area contributed by atoms with Gasteiger partial charge in [-0.1, -0.05) is 18.2 Å². The van der Waals surface area contributed by atoms with E-state index in [4.69, 9.17) is 4.74 Å². The predicted octanol–water partition coefficient (Wildman–Crippen LogP) is 3.78. The van der Waals surface area contributed by atoms with Gasteiger partial charge in [-0.25, -0.2) is 4.99 Å². The molecule has 1 atom stereocenters. The average molecular weight is 553 g/mol. The molecule has 6 nitrogen and oxygen atoms in total. The summed E-state index contributed by atoms with van der Waals surface area (Å²) >= 11 is 0. The maximum Gasteiger partial charge on any atom is 0.387 e. The summed E-state index contributed by atoms with van der Waals surface area (Å²) < 4.78 is 47.3. The summed E-state index contributed by atoms with van der Waals surface area (Å²) in [5.74, 6) is 1.47. The van der Waals surface area contributed by atoms with E-state index in [1.165, 1.54) is 13.2 Å². The molecule has 0 saturated heterocycles. The van der Waals surface area contributed by atoms with Crippen molar-refractivity contribution >= 4 is 40.7 Å². The van der Waals surface area contributed by atoms with Gasteiger partial charge in [0.2, 0.25) is 0 Å². The summed E-state index contributed by atoms with van der Waals surface area (Å²) in [5, 5.41) is 6.18. The summed E-state index contributed by atoms with van der Waals surface area (Å²) in [5.41, 5.74) is 0.467. The molecule has 0 aliphatic rings. The predicted molar refractivity (Wildman–Crippen MR) is 126 cm³/mol. The van der Waals surface area contributed by atoms with Crippen molar-refractivity contribution in [3.8, 4) is 11.5 Å². The molecule has 166 valence electrons. The molecule has 0 fully saturated rings. The Bertz CT molecular complexity index is 826. The Labute approximate surface area is 194 Å². The van der Waals surface area contributed by atoms with E-state index in [1.807, 2.05) is 37.3 Å². The highest BCUT2D eigenvalue weighted by Gasteiger charge is 2.11. The minimum Gasteiger partial charge on any atom is -0.497 e. The summed E-state index contributed by atoms with van der Waals surface area (Å²) in [6.07, 6.45) is 0. The van der Waals surface area contributed by atoms with Crippen LogP contribution in [0.2, 0.25) is 0 Å². The molecule has 0 spiro atoms. The van der Waals surface area contributed by atoms with Gasteiger partial charge < -0.3 is 20.1 Å². The number of nitrogens with zero attached hydrogens (tertiary/aromatic N) is 1. The second-order valence-electron chi connectivity index (χ2n) is 5.84. The van der Waals surface area contributed by atoms with Crippen LogP contribution in [0.3, 0.4) is 0 Å². The van der Waals surface area contributed by atoms with E-state index in [0.29, 0.717) is 36.1 Å². The normalized spacial score (nSPS) is 12.1. The third-order valence-electron chi connectivity index (χ3n) is 3.82. The fourth-order valence-electron chi connectivity index (χ4n) is 2.48. The van der Waals surface area contributed by atoms with Crippen LogP contribution in [0.25, 0.3) is 0 Å². The van der Waals surface area contributed by atoms with Crippen LogP contribution in [-0.4, -0.2) is 42.7 Å². The van der Waals surface area contributed by atoms with Gasteiger partial charge in [-0.2, -0.15) is 8.78 Å². The number of guanidine groups is 1. The van der Waals surface area contributed by atoms with E-state index in [-0.39, 0.29) is 36.3 Å². The van der Waals surface area contributed by atoms with Gasteiger partial charge in [0.15, 0.2) is 5.96 Å². The van der Waals surface area contributed by atoms with E-state index in [9.17, 15) is 13.0 Å². The first kappa shape index (κ1) is 26.1. The van der Waals surface area contributed by atoms with Crippen molar-refractivity contribution in [1.29, 1.82) is 0 Å². The minimum atomic E-state index is -2.93. The zero-order valence-corrected chi connectivity index (χ0v) is 19.9. The second-order valence-corrected chi connectivity index (χ2v) is 7.41. The van der Waals surface area contributed by atoms with E-state index in [0.717, 1.165) is 4.90 Å². The average Bonchev–Trinajstić information content (AvgIpc) is 2.73. The number of rotatable bonds is 10. The largest absolute Gasteiger partial charge is 0.497 e. The molecule has 0 radical (unpaired) electrons. The molecule has 10 heteroatoms. The minimum absolute atomic E-state index is 0. The first-order valence-corrected chi connectivity index (χ1v) is 10.4. The van der Waals surface area contributed by atoms with E-state index < -0.39 is 17.4 Å². The number of benzene rings is 2. The SMILES string of the molecule is CCNC(=NCc1cc(OC)ccc1OC(F)F)NCCS(=O)c1ccccc1.I. The Kier molecular flexibility index (Phi) is 12.3.